The molecule has 16 nitrogen and oxygen atoms in total. The number of Topliss-reactive ketones (excluding diaryl/α,β-unsaturated/α-hetero) is 1. The number of nitrogens with zero attached hydrogens (tertiary/aromatic N) is 7. The molecule has 0 bridgehead atoms. The topological polar surface area (TPSA) is 200 Å². The second-order valence-electron chi connectivity index (χ2n) is 13.5. The molecule has 0 aliphatic rings. The molecule has 0 saturated carbocycles. The Labute approximate surface area is 339 Å². The van der Waals surface area contributed by atoms with Gasteiger partial charge in [-0.1, -0.05) is 41.6 Å². The first-order valence-electron chi connectivity index (χ1n) is 18.5. The third-order valence-corrected chi connectivity index (χ3v) is 10.9. The predicted octanol–water partition coefficient (Wildman–Crippen LogP) is 5.80. The van der Waals surface area contributed by atoms with Crippen molar-refractivity contribution >= 4 is 61.3 Å². The number of ether oxygens (including phenoxy) is 3. The zero-order chi connectivity index (χ0) is 41.2. The maximum atomic E-state index is 14.6. The fourth-order valence-electron chi connectivity index (χ4n) is 6.92. The highest BCUT2D eigenvalue weighted by Gasteiger charge is 2.25. The van der Waals surface area contributed by atoms with Crippen LogP contribution >= 0.6 is 11.3 Å². The first kappa shape index (κ1) is 38.5. The first-order valence-corrected chi connectivity index (χ1v) is 19.3. The molecule has 8 rings (SSSR count). The number of carbonyl (C=O) groups is 3. The minimum absolute atomic E-state index is 0.00139. The van der Waals surface area contributed by atoms with Gasteiger partial charge in [0.05, 0.1) is 49.7 Å². The fourth-order valence-corrected chi connectivity index (χ4v) is 7.96. The van der Waals surface area contributed by atoms with Crippen molar-refractivity contribution < 1.29 is 28.6 Å². The largest absolute Gasteiger partial charge is 0.493 e. The molecular formula is C42H37N9O7S. The summed E-state index contributed by atoms with van der Waals surface area (Å²) >= 11 is 1.33. The van der Waals surface area contributed by atoms with Crippen LogP contribution in [0.15, 0.2) is 102 Å². The molecule has 0 aliphatic carbocycles. The zero-order valence-electron chi connectivity index (χ0n) is 32.1. The summed E-state index contributed by atoms with van der Waals surface area (Å²) in [6.45, 7) is 1.98. The van der Waals surface area contributed by atoms with Gasteiger partial charge >= 0.3 is 5.97 Å². The minimum atomic E-state index is -0.659. The summed E-state index contributed by atoms with van der Waals surface area (Å²) in [7, 11) is 3.10. The van der Waals surface area contributed by atoms with Crippen molar-refractivity contribution in [1.29, 1.82) is 0 Å². The van der Waals surface area contributed by atoms with E-state index in [-0.39, 0.29) is 48.7 Å². The number of methoxy groups -OCH3 is 2. The van der Waals surface area contributed by atoms with Crippen LogP contribution in [-0.2, 0) is 16.1 Å². The number of hydrogen-bond donors (Lipinski definition) is 2. The number of nitrogen functional groups attached to an aromatic ring is 1. The number of ketones is 1. The van der Waals surface area contributed by atoms with Crippen molar-refractivity contribution in [3.63, 3.8) is 0 Å². The summed E-state index contributed by atoms with van der Waals surface area (Å²) in [5.74, 6) is -0.00250. The van der Waals surface area contributed by atoms with Gasteiger partial charge in [-0.3, -0.25) is 23.7 Å². The van der Waals surface area contributed by atoms with Crippen LogP contribution in [0.25, 0.3) is 43.5 Å². The third-order valence-electron chi connectivity index (χ3n) is 9.78. The van der Waals surface area contributed by atoms with Gasteiger partial charge in [0.1, 0.15) is 17.9 Å². The molecule has 0 radical (unpaired) electrons. The van der Waals surface area contributed by atoms with Crippen molar-refractivity contribution in [3.8, 4) is 28.4 Å². The van der Waals surface area contributed by atoms with Crippen LogP contribution in [0.1, 0.15) is 51.5 Å². The molecule has 8 aromatic rings. The molecule has 0 aliphatic heterocycles. The Hall–Kier alpha value is -7.40. The van der Waals surface area contributed by atoms with Crippen LogP contribution in [-0.4, -0.2) is 72.6 Å². The van der Waals surface area contributed by atoms with Crippen molar-refractivity contribution in [2.75, 3.05) is 26.6 Å². The number of carbonyl (C=O) groups excluding carboxylic acids is 3. The SMILES string of the molecule is COc1cc2cc(C(=O)CCC(=O)OCCn3cc(-c4cccc5cc([C@@H](C)NC(=O)c6c(N)nn7cccnc67)n(-c6ccccc6)c(=O)c45)nn3)sc2cc1OC. The lowest BCUT2D eigenvalue weighted by Gasteiger charge is -2.21. The summed E-state index contributed by atoms with van der Waals surface area (Å²) in [5.41, 5.74) is 8.35. The van der Waals surface area contributed by atoms with Crippen molar-refractivity contribution in [2.24, 2.45) is 0 Å². The summed E-state index contributed by atoms with van der Waals surface area (Å²) in [5, 5.41) is 17.6. The molecule has 0 unspecified atom stereocenters. The first-order chi connectivity index (χ1) is 28.6. The molecule has 0 fully saturated rings. The van der Waals surface area contributed by atoms with E-state index >= 15 is 0 Å². The number of hydrogen-bond acceptors (Lipinski definition) is 13. The van der Waals surface area contributed by atoms with Gasteiger partial charge in [0.2, 0.25) is 0 Å². The Morgan fingerprint density at radius 2 is 1.73 bits per heavy atom. The van der Waals surface area contributed by atoms with Crippen LogP contribution in [0.3, 0.4) is 0 Å². The molecule has 1 amide bonds. The quantitative estimate of drug-likeness (QED) is 0.0989. The Morgan fingerprint density at radius 3 is 2.53 bits per heavy atom. The molecule has 3 aromatic carbocycles. The summed E-state index contributed by atoms with van der Waals surface area (Å²) in [4.78, 5) is 58.6. The molecule has 0 spiro atoms. The van der Waals surface area contributed by atoms with Gasteiger partial charge in [-0.2, -0.15) is 0 Å². The second-order valence-corrected chi connectivity index (χ2v) is 14.6. The van der Waals surface area contributed by atoms with Crippen molar-refractivity contribution in [3.05, 3.63) is 124 Å². The summed E-state index contributed by atoms with van der Waals surface area (Å²) < 4.78 is 21.6. The van der Waals surface area contributed by atoms with Crippen molar-refractivity contribution in [1.82, 2.24) is 39.5 Å². The van der Waals surface area contributed by atoms with Crippen LogP contribution < -0.4 is 26.1 Å². The number of fused-ring (bicyclic) bond motifs is 3. The average Bonchev–Trinajstić information content (AvgIpc) is 3.98. The number of aromatic nitrogens is 7. The molecule has 0 saturated heterocycles. The van der Waals surface area contributed by atoms with Gasteiger partial charge < -0.3 is 25.3 Å². The van der Waals surface area contributed by atoms with Crippen LogP contribution in [0.4, 0.5) is 5.82 Å². The molecule has 5 aromatic heterocycles. The number of nitrogens with one attached hydrogen (secondary N) is 1. The van der Waals surface area contributed by atoms with E-state index in [9.17, 15) is 19.2 Å². The summed E-state index contributed by atoms with van der Waals surface area (Å²) in [6.07, 6.45) is 4.79. The lowest BCUT2D eigenvalue weighted by Crippen LogP contribution is -2.32. The third kappa shape index (κ3) is 7.58. The number of amides is 1. The Morgan fingerprint density at radius 1 is 0.932 bits per heavy atom. The molecule has 298 valence electrons. The maximum Gasteiger partial charge on any atom is 0.306 e. The number of anilines is 1. The Kier molecular flexibility index (Phi) is 10.6. The number of pyridine rings is 1. The molecule has 1 atom stereocenters. The van der Waals surface area contributed by atoms with E-state index in [1.165, 1.54) is 20.5 Å². The molecule has 17 heteroatoms. The normalized spacial score (nSPS) is 11.8. The van der Waals surface area contributed by atoms with Gasteiger partial charge in [-0.05, 0) is 54.1 Å². The standard InChI is InChI=1S/C42H37N9O7S/c1-24(45-41(54)38-39(43)47-50-16-8-15-44-40(38)50)30-19-25-9-7-12-28(37(25)42(55)51(30)27-10-5-4-6-11-27)29-23-49(48-46-29)17-18-58-36(53)14-13-31(52)35-21-26-20-32(56-2)33(57-3)22-34(26)59-35/h4-12,15-16,19-24H,13-14,17-18H2,1-3H3,(H2,43,47)(H,45,54)/t24-/m1/s1. The van der Waals surface area contributed by atoms with Gasteiger partial charge in [0.25, 0.3) is 11.5 Å². The van der Waals surface area contributed by atoms with Crippen LogP contribution in [0, 0.1) is 0 Å². The smallest absolute Gasteiger partial charge is 0.306 e. The number of thiophene rings is 1. The maximum absolute atomic E-state index is 14.6. The molecule has 5 heterocycles. The zero-order valence-corrected chi connectivity index (χ0v) is 32.9. The summed E-state index contributed by atoms with van der Waals surface area (Å²) in [6, 6.07) is 22.9. The lowest BCUT2D eigenvalue weighted by atomic mass is 10.0. The van der Waals surface area contributed by atoms with E-state index in [0.29, 0.717) is 55.4 Å². The number of benzene rings is 3. The van der Waals surface area contributed by atoms with Crippen LogP contribution in [0.5, 0.6) is 11.5 Å². The van der Waals surface area contributed by atoms with E-state index in [0.717, 1.165) is 10.1 Å². The molecule has 59 heavy (non-hydrogen) atoms. The molecular weight excluding hydrogens is 775 g/mol. The average molecular weight is 812 g/mol. The van der Waals surface area contributed by atoms with Gasteiger partial charge in [-0.15, -0.1) is 21.5 Å². The number of esters is 1. The number of rotatable bonds is 14. The van der Waals surface area contributed by atoms with Gasteiger partial charge in [-0.25, -0.2) is 14.2 Å². The predicted molar refractivity (Wildman–Crippen MR) is 221 cm³/mol. The molecule has 3 N–H and O–H groups in total. The van der Waals surface area contributed by atoms with E-state index in [4.69, 9.17) is 19.9 Å². The van der Waals surface area contributed by atoms with Gasteiger partial charge in [0, 0.05) is 46.5 Å². The highest BCUT2D eigenvalue weighted by atomic mass is 32.1. The second kappa shape index (κ2) is 16.2. The van der Waals surface area contributed by atoms with Gasteiger partial charge in [0.15, 0.2) is 28.7 Å². The van der Waals surface area contributed by atoms with E-state index in [1.807, 2.05) is 60.7 Å². The number of nitrogens with two attached hydrogens (primary N) is 1. The van der Waals surface area contributed by atoms with Crippen molar-refractivity contribution in [2.45, 2.75) is 32.4 Å². The lowest BCUT2D eigenvalue weighted by molar-refractivity contribution is -0.143. The van der Waals surface area contributed by atoms with E-state index < -0.39 is 17.9 Å². The highest BCUT2D eigenvalue weighted by Crippen LogP contribution is 2.37. The Balaban J connectivity index is 0.971. The monoisotopic (exact) mass is 811 g/mol. The number of para-hydroxylation sites is 1. The van der Waals surface area contributed by atoms with E-state index in [2.05, 4.69) is 25.7 Å². The van der Waals surface area contributed by atoms with Crippen LogP contribution in [0.2, 0.25) is 0 Å². The fraction of sp³-hybridized carbons (Fsp3) is 0.190. The Bertz CT molecular complexity index is 2910. The highest BCUT2D eigenvalue weighted by molar-refractivity contribution is 7.20. The minimum Gasteiger partial charge on any atom is -0.493 e. The van der Waals surface area contributed by atoms with E-state index in [1.54, 1.807) is 62.5 Å².